The highest BCUT2D eigenvalue weighted by molar-refractivity contribution is 5.97. The zero-order valence-corrected chi connectivity index (χ0v) is 23.2. The molecule has 0 fully saturated rings. The first-order chi connectivity index (χ1) is 19.4. The van der Waals surface area contributed by atoms with Crippen molar-refractivity contribution in [2.45, 2.75) is 44.6 Å². The minimum absolute atomic E-state index is 0.00383. The number of hydrogen-bond donors (Lipinski definition) is 2. The topological polar surface area (TPSA) is 138 Å². The number of carbonyl (C=O) groups excluding carboxylic acids is 2. The van der Waals surface area contributed by atoms with Crippen LogP contribution in [-0.2, 0) is 15.8 Å². The highest BCUT2D eigenvalue weighted by Crippen LogP contribution is 2.46. The maximum atomic E-state index is 13.6. The lowest BCUT2D eigenvalue weighted by molar-refractivity contribution is -0.123. The zero-order valence-electron chi connectivity index (χ0n) is 23.2. The number of ether oxygens (including phenoxy) is 2. The van der Waals surface area contributed by atoms with Gasteiger partial charge < -0.3 is 24.8 Å². The minimum atomic E-state index is -1.57. The number of primary amides is 1. The van der Waals surface area contributed by atoms with Gasteiger partial charge in [-0.2, -0.15) is 0 Å². The molecule has 2 aromatic heterocycles. The summed E-state index contributed by atoms with van der Waals surface area (Å²) in [6.07, 6.45) is 1.61. The summed E-state index contributed by atoms with van der Waals surface area (Å²) in [5.41, 5.74) is 6.53. The van der Waals surface area contributed by atoms with Crippen LogP contribution in [0.3, 0.4) is 0 Å². The average Bonchev–Trinajstić information content (AvgIpc) is 3.55. The van der Waals surface area contributed by atoms with Crippen molar-refractivity contribution < 1.29 is 33.1 Å². The predicted octanol–water partition coefficient (Wildman–Crippen LogP) is 4.87. The number of aryl methyl sites for hydroxylation is 1. The molecule has 1 aliphatic rings. The monoisotopic (exact) mass is 559 g/mol. The molecular formula is C31H30FN3O6. The fraction of sp³-hybridized carbons (Fsp3) is 0.290. The molecule has 1 aliphatic heterocycles. The standard InChI is InChI=1S/C31H30FN3O6/c1-17-22(15-34-41-17)21-10-7-19(13-25(21)39-4)24(36)11-12-31(3,38)26-14-23-28(40-16-30(23,2)29(33)37)27(35-26)18-5-8-20(32)9-6-18/h5-10,13-15,38H,11-12,16H2,1-4H3,(H2,33,37)/t30-,31-/m0/s1. The number of Topliss-reactive ketones (excluding diaryl/α,β-unsaturated/α-hetero) is 1. The molecule has 4 aromatic rings. The molecule has 0 radical (unpaired) electrons. The Balaban J connectivity index is 1.45. The lowest BCUT2D eigenvalue weighted by Crippen LogP contribution is -2.40. The number of methoxy groups -OCH3 is 1. The summed E-state index contributed by atoms with van der Waals surface area (Å²) in [6, 6.07) is 12.4. The number of amides is 1. The van der Waals surface area contributed by atoms with E-state index in [0.29, 0.717) is 39.6 Å². The van der Waals surface area contributed by atoms with Gasteiger partial charge in [-0.15, -0.1) is 0 Å². The summed E-state index contributed by atoms with van der Waals surface area (Å²) in [6.45, 7) is 5.01. The maximum Gasteiger partial charge on any atom is 0.231 e. The van der Waals surface area contributed by atoms with Crippen LogP contribution >= 0.6 is 0 Å². The van der Waals surface area contributed by atoms with E-state index in [2.05, 4.69) is 10.1 Å². The minimum Gasteiger partial charge on any atom is -0.496 e. The van der Waals surface area contributed by atoms with Gasteiger partial charge >= 0.3 is 0 Å². The van der Waals surface area contributed by atoms with Crippen molar-refractivity contribution in [2.75, 3.05) is 13.7 Å². The Hall–Kier alpha value is -4.57. The molecule has 0 bridgehead atoms. The van der Waals surface area contributed by atoms with Crippen molar-refractivity contribution in [3.63, 3.8) is 0 Å². The van der Waals surface area contributed by atoms with Gasteiger partial charge in [0.2, 0.25) is 5.91 Å². The van der Waals surface area contributed by atoms with Crippen LogP contribution in [0.15, 0.2) is 59.3 Å². The molecule has 3 N–H and O–H groups in total. The number of fused-ring (bicyclic) bond motifs is 1. The van der Waals surface area contributed by atoms with Crippen LogP contribution in [0.1, 0.15) is 54.1 Å². The Labute approximate surface area is 236 Å². The van der Waals surface area contributed by atoms with Gasteiger partial charge in [0.05, 0.1) is 19.0 Å². The number of ketones is 1. The quantitative estimate of drug-likeness (QED) is 0.277. The molecule has 5 rings (SSSR count). The number of halogens is 1. The largest absolute Gasteiger partial charge is 0.496 e. The van der Waals surface area contributed by atoms with Gasteiger partial charge in [0.25, 0.3) is 0 Å². The average molecular weight is 560 g/mol. The second-order valence-electron chi connectivity index (χ2n) is 10.6. The lowest BCUT2D eigenvalue weighted by Gasteiger charge is -2.26. The molecule has 0 unspecified atom stereocenters. The Morgan fingerprint density at radius 1 is 1.17 bits per heavy atom. The Morgan fingerprint density at radius 2 is 1.90 bits per heavy atom. The third-order valence-corrected chi connectivity index (χ3v) is 7.69. The molecule has 41 heavy (non-hydrogen) atoms. The number of rotatable bonds is 9. The van der Waals surface area contributed by atoms with Crippen LogP contribution in [0, 0.1) is 12.7 Å². The van der Waals surface area contributed by atoms with E-state index in [4.69, 9.17) is 19.7 Å². The van der Waals surface area contributed by atoms with Gasteiger partial charge in [-0.3, -0.25) is 9.59 Å². The van der Waals surface area contributed by atoms with Crippen molar-refractivity contribution in [3.05, 3.63) is 83.1 Å². The highest BCUT2D eigenvalue weighted by Gasteiger charge is 2.45. The molecule has 212 valence electrons. The van der Waals surface area contributed by atoms with Crippen LogP contribution in [0.25, 0.3) is 22.4 Å². The van der Waals surface area contributed by atoms with E-state index in [-0.39, 0.29) is 30.9 Å². The van der Waals surface area contributed by atoms with Gasteiger partial charge in [0.1, 0.15) is 46.4 Å². The third-order valence-electron chi connectivity index (χ3n) is 7.69. The Bertz CT molecular complexity index is 1650. The van der Waals surface area contributed by atoms with E-state index in [0.717, 1.165) is 11.1 Å². The maximum absolute atomic E-state index is 13.6. The highest BCUT2D eigenvalue weighted by atomic mass is 19.1. The van der Waals surface area contributed by atoms with Crippen LogP contribution < -0.4 is 15.2 Å². The van der Waals surface area contributed by atoms with Crippen LogP contribution in [0.5, 0.6) is 11.5 Å². The van der Waals surface area contributed by atoms with Gasteiger partial charge in [-0.1, -0.05) is 11.2 Å². The SMILES string of the molecule is COc1cc(C(=O)CC[C@](C)(O)c2cc3c(c(-c4ccc(F)cc4)n2)OC[C@]3(C)C(N)=O)ccc1-c1cnoc1C. The van der Waals surface area contributed by atoms with E-state index in [1.54, 1.807) is 63.4 Å². The normalized spacial score (nSPS) is 17.4. The molecule has 9 nitrogen and oxygen atoms in total. The zero-order chi connectivity index (χ0) is 29.5. The smallest absolute Gasteiger partial charge is 0.231 e. The second kappa shape index (κ2) is 10.4. The fourth-order valence-electron chi connectivity index (χ4n) is 4.94. The first-order valence-corrected chi connectivity index (χ1v) is 13.0. The summed E-state index contributed by atoms with van der Waals surface area (Å²) in [7, 11) is 1.52. The van der Waals surface area contributed by atoms with Gasteiger partial charge in [-0.05, 0) is 69.7 Å². The van der Waals surface area contributed by atoms with E-state index in [1.807, 2.05) is 0 Å². The number of nitrogens with zero attached hydrogens (tertiary/aromatic N) is 2. The van der Waals surface area contributed by atoms with Crippen molar-refractivity contribution in [2.24, 2.45) is 5.73 Å². The first kappa shape index (κ1) is 28.0. The summed E-state index contributed by atoms with van der Waals surface area (Å²) >= 11 is 0. The molecule has 2 aromatic carbocycles. The van der Waals surface area contributed by atoms with Crippen molar-refractivity contribution in [1.29, 1.82) is 0 Å². The van der Waals surface area contributed by atoms with E-state index in [9.17, 15) is 19.1 Å². The van der Waals surface area contributed by atoms with Gasteiger partial charge in [-0.25, -0.2) is 9.37 Å². The lowest BCUT2D eigenvalue weighted by atomic mass is 9.81. The molecule has 10 heteroatoms. The number of pyridine rings is 1. The number of carbonyl (C=O) groups is 2. The van der Waals surface area contributed by atoms with Crippen molar-refractivity contribution in [1.82, 2.24) is 10.1 Å². The number of hydrogen-bond acceptors (Lipinski definition) is 8. The summed E-state index contributed by atoms with van der Waals surface area (Å²) < 4.78 is 30.2. The summed E-state index contributed by atoms with van der Waals surface area (Å²) in [5, 5.41) is 15.4. The summed E-state index contributed by atoms with van der Waals surface area (Å²) in [5.74, 6) is 0.247. The van der Waals surface area contributed by atoms with Gasteiger partial charge in [0, 0.05) is 34.2 Å². The number of aromatic nitrogens is 2. The fourth-order valence-corrected chi connectivity index (χ4v) is 4.94. The molecule has 3 heterocycles. The number of aliphatic hydroxyl groups is 1. The van der Waals surface area contributed by atoms with Crippen molar-refractivity contribution in [3.8, 4) is 33.9 Å². The second-order valence-corrected chi connectivity index (χ2v) is 10.6. The third kappa shape index (κ3) is 5.06. The number of benzene rings is 2. The molecule has 1 amide bonds. The van der Waals surface area contributed by atoms with Crippen LogP contribution in [0.2, 0.25) is 0 Å². The van der Waals surface area contributed by atoms with Crippen molar-refractivity contribution >= 4 is 11.7 Å². The van der Waals surface area contributed by atoms with E-state index < -0.39 is 22.7 Å². The summed E-state index contributed by atoms with van der Waals surface area (Å²) in [4.78, 5) is 30.3. The van der Waals surface area contributed by atoms with Gasteiger partial charge in [0.15, 0.2) is 5.78 Å². The Morgan fingerprint density at radius 3 is 2.54 bits per heavy atom. The molecule has 0 saturated carbocycles. The van der Waals surface area contributed by atoms with Crippen LogP contribution in [0.4, 0.5) is 4.39 Å². The molecule has 2 atom stereocenters. The first-order valence-electron chi connectivity index (χ1n) is 13.0. The van der Waals surface area contributed by atoms with E-state index >= 15 is 0 Å². The number of nitrogens with two attached hydrogens (primary N) is 1. The predicted molar refractivity (Wildman–Crippen MR) is 148 cm³/mol. The van der Waals surface area contributed by atoms with E-state index in [1.165, 1.54) is 19.2 Å². The molecule has 0 aliphatic carbocycles. The molecule has 0 saturated heterocycles. The molecular weight excluding hydrogens is 529 g/mol. The Kier molecular flexibility index (Phi) is 7.12. The van der Waals surface area contributed by atoms with Crippen LogP contribution in [-0.4, -0.2) is 40.7 Å². The molecule has 0 spiro atoms.